The Hall–Kier alpha value is -0.860. The van der Waals surface area contributed by atoms with Crippen LogP contribution in [0.1, 0.15) is 97.8 Å². The molecule has 0 aromatic rings. The van der Waals surface area contributed by atoms with Gasteiger partial charge >= 0.3 is 0 Å². The smallest absolute Gasteiger partial charge is 0.290 e. The lowest BCUT2D eigenvalue weighted by atomic mass is 9.76. The number of aliphatic imine (C=N–C) groups is 1. The highest BCUT2D eigenvalue weighted by molar-refractivity contribution is 5.92. The normalized spacial score (nSPS) is 20.1. The van der Waals surface area contributed by atoms with Gasteiger partial charge in [0, 0.05) is 5.41 Å². The molecule has 1 aliphatic rings. The van der Waals surface area contributed by atoms with Crippen molar-refractivity contribution in [3.05, 3.63) is 0 Å². The van der Waals surface area contributed by atoms with Crippen molar-refractivity contribution in [2.45, 2.75) is 104 Å². The van der Waals surface area contributed by atoms with Crippen LogP contribution in [0, 0.1) is 5.41 Å². The third-order valence-electron chi connectivity index (χ3n) is 5.14. The van der Waals surface area contributed by atoms with Gasteiger partial charge < -0.3 is 4.74 Å². The lowest BCUT2D eigenvalue weighted by molar-refractivity contribution is -0.128. The summed E-state index contributed by atoms with van der Waals surface area (Å²) >= 11 is 0. The Kier molecular flexibility index (Phi) is 9.42. The Bertz CT molecular complexity index is 340. The molecular weight excluding hydrogens is 274 g/mol. The molecule has 0 saturated carbocycles. The maximum Gasteiger partial charge on any atom is 0.290 e. The molecule has 1 heterocycles. The SMILES string of the molecule is CCCCCCCCCCCCC(C)(CC)C1OC=NC1=O. The molecule has 0 aliphatic carbocycles. The van der Waals surface area contributed by atoms with Crippen LogP contribution in [0.5, 0.6) is 0 Å². The molecule has 2 unspecified atom stereocenters. The summed E-state index contributed by atoms with van der Waals surface area (Å²) in [6.07, 6.45) is 16.4. The molecule has 2 atom stereocenters. The van der Waals surface area contributed by atoms with Crippen molar-refractivity contribution >= 4 is 12.3 Å². The Morgan fingerprint density at radius 1 is 1.00 bits per heavy atom. The van der Waals surface area contributed by atoms with Crippen molar-refractivity contribution in [1.82, 2.24) is 0 Å². The molecule has 0 saturated heterocycles. The van der Waals surface area contributed by atoms with Crippen LogP contribution in [0.3, 0.4) is 0 Å². The molecule has 0 aromatic carbocycles. The molecule has 1 aliphatic heterocycles. The highest BCUT2D eigenvalue weighted by Gasteiger charge is 2.40. The maximum absolute atomic E-state index is 11.7. The van der Waals surface area contributed by atoms with E-state index in [1.807, 2.05) is 0 Å². The maximum atomic E-state index is 11.7. The molecule has 0 aromatic heterocycles. The molecule has 1 amide bonds. The number of carbonyl (C=O) groups is 1. The van der Waals surface area contributed by atoms with Crippen LogP contribution in [0.4, 0.5) is 0 Å². The third kappa shape index (κ3) is 6.50. The summed E-state index contributed by atoms with van der Waals surface area (Å²) < 4.78 is 5.42. The molecule has 0 spiro atoms. The van der Waals surface area contributed by atoms with E-state index in [0.717, 1.165) is 12.8 Å². The number of hydrogen-bond acceptors (Lipinski definition) is 2. The highest BCUT2D eigenvalue weighted by atomic mass is 16.5. The van der Waals surface area contributed by atoms with Gasteiger partial charge in [0.1, 0.15) is 0 Å². The second kappa shape index (κ2) is 10.8. The van der Waals surface area contributed by atoms with Crippen molar-refractivity contribution in [2.75, 3.05) is 0 Å². The topological polar surface area (TPSA) is 38.7 Å². The van der Waals surface area contributed by atoms with Crippen LogP contribution in [-0.4, -0.2) is 18.4 Å². The van der Waals surface area contributed by atoms with E-state index in [1.165, 1.54) is 70.6 Å². The van der Waals surface area contributed by atoms with E-state index in [4.69, 9.17) is 4.74 Å². The minimum atomic E-state index is -0.351. The Labute approximate surface area is 136 Å². The zero-order valence-electron chi connectivity index (χ0n) is 14.9. The van der Waals surface area contributed by atoms with E-state index < -0.39 is 0 Å². The molecule has 0 radical (unpaired) electrons. The summed E-state index contributed by atoms with van der Waals surface area (Å²) in [7, 11) is 0. The highest BCUT2D eigenvalue weighted by Crippen LogP contribution is 2.36. The van der Waals surface area contributed by atoms with E-state index >= 15 is 0 Å². The van der Waals surface area contributed by atoms with Gasteiger partial charge in [0.05, 0.1) is 0 Å². The summed E-state index contributed by atoms with van der Waals surface area (Å²) in [6, 6.07) is 0. The monoisotopic (exact) mass is 309 g/mol. The lowest BCUT2D eigenvalue weighted by Crippen LogP contribution is -2.36. The fourth-order valence-electron chi connectivity index (χ4n) is 3.24. The van der Waals surface area contributed by atoms with E-state index in [1.54, 1.807) is 0 Å². The zero-order chi connectivity index (χ0) is 16.3. The second-order valence-electron chi connectivity index (χ2n) is 7.03. The van der Waals surface area contributed by atoms with Gasteiger partial charge in [-0.25, -0.2) is 0 Å². The number of rotatable bonds is 13. The van der Waals surface area contributed by atoms with Crippen molar-refractivity contribution in [3.8, 4) is 0 Å². The number of nitrogens with zero attached hydrogens (tertiary/aromatic N) is 1. The first-order valence-electron chi connectivity index (χ1n) is 9.36. The van der Waals surface area contributed by atoms with Gasteiger partial charge in [-0.05, 0) is 12.8 Å². The minimum Gasteiger partial charge on any atom is -0.469 e. The van der Waals surface area contributed by atoms with Crippen LogP contribution in [0.2, 0.25) is 0 Å². The van der Waals surface area contributed by atoms with Crippen LogP contribution in [-0.2, 0) is 9.53 Å². The van der Waals surface area contributed by atoms with Gasteiger partial charge in [-0.1, -0.05) is 85.0 Å². The van der Waals surface area contributed by atoms with Crippen LogP contribution in [0.15, 0.2) is 4.99 Å². The summed E-state index contributed by atoms with van der Waals surface area (Å²) in [5.41, 5.74) is -0.0618. The Balaban J connectivity index is 2.06. The van der Waals surface area contributed by atoms with Crippen LogP contribution in [0.25, 0.3) is 0 Å². The molecule has 3 nitrogen and oxygen atoms in total. The first-order valence-corrected chi connectivity index (χ1v) is 9.36. The number of carbonyl (C=O) groups excluding carboxylic acids is 1. The van der Waals surface area contributed by atoms with Crippen molar-refractivity contribution < 1.29 is 9.53 Å². The van der Waals surface area contributed by atoms with Crippen LogP contribution < -0.4 is 0 Å². The number of ether oxygens (including phenoxy) is 1. The minimum absolute atomic E-state index is 0.0618. The molecule has 0 bridgehead atoms. The molecule has 3 heteroatoms. The Morgan fingerprint density at radius 3 is 2.00 bits per heavy atom. The van der Waals surface area contributed by atoms with E-state index in [2.05, 4.69) is 25.8 Å². The lowest BCUT2D eigenvalue weighted by Gasteiger charge is -2.31. The van der Waals surface area contributed by atoms with Gasteiger partial charge in [0.2, 0.25) is 0 Å². The standard InChI is InChI=1S/C19H35NO2/c1-4-6-7-8-9-10-11-12-13-14-15-19(3,5-2)17-18(21)20-16-22-17/h16-17H,4-15H2,1-3H3. The molecule has 0 N–H and O–H groups in total. The van der Waals surface area contributed by atoms with Gasteiger partial charge in [0.15, 0.2) is 12.5 Å². The van der Waals surface area contributed by atoms with Gasteiger partial charge in [-0.3, -0.25) is 4.79 Å². The second-order valence-corrected chi connectivity index (χ2v) is 7.03. The van der Waals surface area contributed by atoms with E-state index in [-0.39, 0.29) is 17.4 Å². The first kappa shape index (κ1) is 19.2. The van der Waals surface area contributed by atoms with Gasteiger partial charge in [-0.2, -0.15) is 4.99 Å². The fourth-order valence-corrected chi connectivity index (χ4v) is 3.24. The van der Waals surface area contributed by atoms with Gasteiger partial charge in [-0.15, -0.1) is 0 Å². The predicted octanol–water partition coefficient (Wildman–Crippen LogP) is 5.67. The summed E-state index contributed by atoms with van der Waals surface area (Å²) in [6.45, 7) is 6.57. The molecule has 128 valence electrons. The van der Waals surface area contributed by atoms with Crippen molar-refractivity contribution in [2.24, 2.45) is 10.4 Å². The van der Waals surface area contributed by atoms with Crippen molar-refractivity contribution in [1.29, 1.82) is 0 Å². The largest absolute Gasteiger partial charge is 0.469 e. The fraction of sp³-hybridized carbons (Fsp3) is 0.895. The number of amides is 1. The average Bonchev–Trinajstić information content (AvgIpc) is 2.96. The van der Waals surface area contributed by atoms with Crippen molar-refractivity contribution in [3.63, 3.8) is 0 Å². The molecule has 0 fully saturated rings. The molecule has 1 rings (SSSR count). The average molecular weight is 309 g/mol. The first-order chi connectivity index (χ1) is 10.6. The third-order valence-corrected chi connectivity index (χ3v) is 5.14. The molecular formula is C19H35NO2. The summed E-state index contributed by atoms with van der Waals surface area (Å²) in [4.78, 5) is 15.5. The van der Waals surface area contributed by atoms with Gasteiger partial charge in [0.25, 0.3) is 5.91 Å². The Morgan fingerprint density at radius 2 is 1.55 bits per heavy atom. The van der Waals surface area contributed by atoms with E-state index in [0.29, 0.717) is 0 Å². The number of hydrogen-bond donors (Lipinski definition) is 0. The predicted molar refractivity (Wildman–Crippen MR) is 93.2 cm³/mol. The summed E-state index contributed by atoms with van der Waals surface area (Å²) in [5.74, 6) is -0.101. The molecule has 22 heavy (non-hydrogen) atoms. The quantitative estimate of drug-likeness (QED) is 0.411. The van der Waals surface area contributed by atoms with Crippen LogP contribution >= 0.6 is 0 Å². The van der Waals surface area contributed by atoms with E-state index in [9.17, 15) is 4.79 Å². The zero-order valence-corrected chi connectivity index (χ0v) is 14.9. The number of unbranched alkanes of at least 4 members (excludes halogenated alkanes) is 9. The summed E-state index contributed by atoms with van der Waals surface area (Å²) in [5, 5.41) is 0.